The van der Waals surface area contributed by atoms with Crippen LogP contribution < -0.4 is 9.80 Å². The van der Waals surface area contributed by atoms with Gasteiger partial charge < -0.3 is 19.6 Å². The van der Waals surface area contributed by atoms with Crippen molar-refractivity contribution in [1.29, 1.82) is 0 Å². The molecule has 3 aliphatic rings. The zero-order valence-corrected chi connectivity index (χ0v) is 22.5. The summed E-state index contributed by atoms with van der Waals surface area (Å²) in [5, 5.41) is 2.66. The van der Waals surface area contributed by atoms with Gasteiger partial charge in [0.1, 0.15) is 11.6 Å². The Bertz CT molecular complexity index is 1360. The summed E-state index contributed by atoms with van der Waals surface area (Å²) >= 11 is 0. The van der Waals surface area contributed by atoms with Crippen molar-refractivity contribution < 1.29 is 0 Å². The molecule has 0 bridgehead atoms. The molecule has 1 atom stereocenters. The van der Waals surface area contributed by atoms with E-state index in [2.05, 4.69) is 89.9 Å². The highest BCUT2D eigenvalue weighted by Gasteiger charge is 2.39. The molecule has 0 saturated carbocycles. The highest BCUT2D eigenvalue weighted by Crippen LogP contribution is 2.35. The lowest BCUT2D eigenvalue weighted by atomic mass is 9.99. The van der Waals surface area contributed by atoms with Gasteiger partial charge in [0, 0.05) is 73.7 Å². The van der Waals surface area contributed by atoms with Crippen LogP contribution in [-0.4, -0.2) is 65.1 Å². The Morgan fingerprint density at radius 1 is 0.973 bits per heavy atom. The van der Waals surface area contributed by atoms with Gasteiger partial charge in [-0.05, 0) is 37.3 Å². The summed E-state index contributed by atoms with van der Waals surface area (Å²) in [7, 11) is 0. The Hall–Kier alpha value is -3.54. The van der Waals surface area contributed by atoms with Gasteiger partial charge in [-0.2, -0.15) is 0 Å². The Kier molecular flexibility index (Phi) is 6.06. The van der Waals surface area contributed by atoms with Gasteiger partial charge in [0.2, 0.25) is 0 Å². The normalized spacial score (nSPS) is 19.3. The molecule has 6 nitrogen and oxygen atoms in total. The number of piperazine rings is 1. The SMILES string of the molecule is C=C(C1CN1C(=C)C)N1CCN(c2nc(CC)nc3c2CCN(c2cccc4cccc(C)c24)C3)CC1. The average Bonchev–Trinajstić information content (AvgIpc) is 3.73. The number of rotatable bonds is 6. The number of aryl methyl sites for hydroxylation is 2. The summed E-state index contributed by atoms with van der Waals surface area (Å²) in [6, 6.07) is 13.7. The maximum atomic E-state index is 5.08. The van der Waals surface area contributed by atoms with E-state index in [-0.39, 0.29) is 0 Å². The maximum absolute atomic E-state index is 5.08. The molecule has 2 aromatic carbocycles. The fraction of sp³-hybridized carbons (Fsp3) is 0.419. The Balaban J connectivity index is 1.23. The number of anilines is 2. The highest BCUT2D eigenvalue weighted by molar-refractivity contribution is 5.97. The van der Waals surface area contributed by atoms with Gasteiger partial charge in [-0.25, -0.2) is 9.97 Å². The minimum absolute atomic E-state index is 0.436. The second-order valence-corrected chi connectivity index (χ2v) is 10.7. The molecule has 1 unspecified atom stereocenters. The molecule has 6 rings (SSSR count). The monoisotopic (exact) mass is 494 g/mol. The number of benzene rings is 2. The van der Waals surface area contributed by atoms with E-state index in [4.69, 9.17) is 9.97 Å². The molecule has 2 saturated heterocycles. The van der Waals surface area contributed by atoms with Crippen LogP contribution in [0.2, 0.25) is 0 Å². The fourth-order valence-corrected chi connectivity index (χ4v) is 6.12. The first kappa shape index (κ1) is 23.8. The lowest BCUT2D eigenvalue weighted by Crippen LogP contribution is -2.47. The van der Waals surface area contributed by atoms with Crippen LogP contribution in [-0.2, 0) is 19.4 Å². The minimum Gasteiger partial charge on any atom is -0.370 e. The molecule has 1 aromatic heterocycles. The van der Waals surface area contributed by atoms with Crippen molar-refractivity contribution in [2.75, 3.05) is 49.1 Å². The molecular weight excluding hydrogens is 456 g/mol. The Morgan fingerprint density at radius 3 is 2.43 bits per heavy atom. The number of hydrogen-bond acceptors (Lipinski definition) is 6. The summed E-state index contributed by atoms with van der Waals surface area (Å²) < 4.78 is 0. The van der Waals surface area contributed by atoms with Gasteiger partial charge in [0.15, 0.2) is 0 Å². The van der Waals surface area contributed by atoms with Crippen molar-refractivity contribution in [3.8, 4) is 0 Å². The highest BCUT2D eigenvalue weighted by atomic mass is 15.4. The van der Waals surface area contributed by atoms with Crippen molar-refractivity contribution in [3.63, 3.8) is 0 Å². The van der Waals surface area contributed by atoms with Crippen LogP contribution in [0.4, 0.5) is 11.5 Å². The molecule has 0 spiro atoms. The van der Waals surface area contributed by atoms with Crippen molar-refractivity contribution in [1.82, 2.24) is 19.8 Å². The maximum Gasteiger partial charge on any atom is 0.136 e. The first-order valence-electron chi connectivity index (χ1n) is 13.7. The summed E-state index contributed by atoms with van der Waals surface area (Å²) in [6.07, 6.45) is 1.82. The molecule has 3 aromatic rings. The summed E-state index contributed by atoms with van der Waals surface area (Å²) in [4.78, 5) is 19.9. The van der Waals surface area contributed by atoms with Gasteiger partial charge in [-0.15, -0.1) is 0 Å². The molecule has 0 aliphatic carbocycles. The van der Waals surface area contributed by atoms with Crippen molar-refractivity contribution >= 4 is 22.3 Å². The molecule has 4 heterocycles. The molecule has 0 amide bonds. The Morgan fingerprint density at radius 2 is 1.73 bits per heavy atom. The molecule has 2 fully saturated rings. The minimum atomic E-state index is 0.436. The topological polar surface area (TPSA) is 38.5 Å². The molecule has 0 N–H and O–H groups in total. The lowest BCUT2D eigenvalue weighted by Gasteiger charge is -2.40. The van der Waals surface area contributed by atoms with E-state index >= 15 is 0 Å². The predicted molar refractivity (Wildman–Crippen MR) is 153 cm³/mol. The molecule has 37 heavy (non-hydrogen) atoms. The number of fused-ring (bicyclic) bond motifs is 2. The van der Waals surface area contributed by atoms with Crippen LogP contribution in [0.15, 0.2) is 61.0 Å². The van der Waals surface area contributed by atoms with Gasteiger partial charge in [0.25, 0.3) is 0 Å². The fourth-order valence-electron chi connectivity index (χ4n) is 6.12. The third-order valence-electron chi connectivity index (χ3n) is 8.31. The number of allylic oxidation sites excluding steroid dienone is 1. The third-order valence-corrected chi connectivity index (χ3v) is 8.31. The van der Waals surface area contributed by atoms with E-state index in [1.54, 1.807) is 0 Å². The largest absolute Gasteiger partial charge is 0.370 e. The van der Waals surface area contributed by atoms with Gasteiger partial charge in [0.05, 0.1) is 18.3 Å². The van der Waals surface area contributed by atoms with E-state index in [0.717, 1.165) is 76.0 Å². The van der Waals surface area contributed by atoms with Gasteiger partial charge >= 0.3 is 0 Å². The summed E-state index contributed by atoms with van der Waals surface area (Å²) in [5.74, 6) is 2.11. The molecule has 0 radical (unpaired) electrons. The third kappa shape index (κ3) is 4.32. The first-order chi connectivity index (χ1) is 17.9. The summed E-state index contributed by atoms with van der Waals surface area (Å²) in [5.41, 5.74) is 7.55. The summed E-state index contributed by atoms with van der Waals surface area (Å²) in [6.45, 7) is 21.8. The van der Waals surface area contributed by atoms with Crippen LogP contribution in [0.5, 0.6) is 0 Å². The zero-order chi connectivity index (χ0) is 25.7. The standard InChI is InChI=1S/C31H38N6/c1-6-29-32-26-19-36(27-12-8-11-24-10-7-9-22(4)30(24)27)14-13-25(26)31(33-29)35-17-15-34(16-18-35)23(5)28-20-37(28)21(2)3/h7-12,28H,2,5-6,13-20H2,1,3-4H3. The van der Waals surface area contributed by atoms with Crippen molar-refractivity contribution in [3.05, 3.63) is 83.6 Å². The zero-order valence-electron chi connectivity index (χ0n) is 22.5. The van der Waals surface area contributed by atoms with Crippen LogP contribution in [0, 0.1) is 6.92 Å². The van der Waals surface area contributed by atoms with E-state index in [1.807, 2.05) is 0 Å². The molecule has 192 valence electrons. The van der Waals surface area contributed by atoms with E-state index in [1.165, 1.54) is 39.0 Å². The molecular formula is C31H38N6. The number of nitrogens with zero attached hydrogens (tertiary/aromatic N) is 6. The van der Waals surface area contributed by atoms with Crippen molar-refractivity contribution in [2.45, 2.75) is 46.2 Å². The van der Waals surface area contributed by atoms with Crippen LogP contribution in [0.3, 0.4) is 0 Å². The molecule has 3 aliphatic heterocycles. The van der Waals surface area contributed by atoms with Gasteiger partial charge in [-0.1, -0.05) is 50.4 Å². The van der Waals surface area contributed by atoms with Crippen LogP contribution in [0.25, 0.3) is 10.8 Å². The van der Waals surface area contributed by atoms with Gasteiger partial charge in [-0.3, -0.25) is 0 Å². The van der Waals surface area contributed by atoms with E-state index in [0.29, 0.717) is 6.04 Å². The number of hydrogen-bond donors (Lipinski definition) is 0. The Labute approximate surface area is 220 Å². The van der Waals surface area contributed by atoms with E-state index in [9.17, 15) is 0 Å². The predicted octanol–water partition coefficient (Wildman–Crippen LogP) is 4.92. The average molecular weight is 495 g/mol. The second-order valence-electron chi connectivity index (χ2n) is 10.7. The first-order valence-corrected chi connectivity index (χ1v) is 13.7. The lowest BCUT2D eigenvalue weighted by molar-refractivity contribution is 0.308. The van der Waals surface area contributed by atoms with Crippen LogP contribution in [0.1, 0.15) is 36.5 Å². The second kappa shape index (κ2) is 9.40. The quantitative estimate of drug-likeness (QED) is 0.453. The van der Waals surface area contributed by atoms with Crippen molar-refractivity contribution in [2.24, 2.45) is 0 Å². The smallest absolute Gasteiger partial charge is 0.136 e. The number of aromatic nitrogens is 2. The van der Waals surface area contributed by atoms with Crippen LogP contribution >= 0.6 is 0 Å². The van der Waals surface area contributed by atoms with E-state index < -0.39 is 0 Å². The molecule has 6 heteroatoms.